The fourth-order valence-electron chi connectivity index (χ4n) is 3.21. The number of rotatable bonds is 6. The Bertz CT molecular complexity index is 869. The molecule has 1 N–H and O–H groups in total. The molecule has 0 spiro atoms. The lowest BCUT2D eigenvalue weighted by molar-refractivity contribution is 0.373. The summed E-state index contributed by atoms with van der Waals surface area (Å²) < 4.78 is 23.1. The molecule has 0 unspecified atom stereocenters. The summed E-state index contributed by atoms with van der Waals surface area (Å²) in [4.78, 5) is 9.89. The summed E-state index contributed by atoms with van der Waals surface area (Å²) in [5.74, 6) is 0.959. The molecular weight excluding hydrogens is 392 g/mol. The number of aliphatic imine (C=N–C) groups is 1. The van der Waals surface area contributed by atoms with Crippen LogP contribution in [-0.2, 0) is 16.3 Å². The molecule has 28 heavy (non-hydrogen) atoms. The molecule has 1 fully saturated rings. The van der Waals surface area contributed by atoms with Gasteiger partial charge in [0.2, 0.25) is 0 Å². The highest BCUT2D eigenvalue weighted by molar-refractivity contribution is 7.90. The van der Waals surface area contributed by atoms with Crippen molar-refractivity contribution < 1.29 is 8.42 Å². The van der Waals surface area contributed by atoms with E-state index in [9.17, 15) is 8.42 Å². The molecule has 2 aromatic rings. The maximum atomic E-state index is 11.6. The minimum atomic E-state index is -3.14. The largest absolute Gasteiger partial charge is 0.360 e. The van der Waals surface area contributed by atoms with Crippen molar-refractivity contribution >= 4 is 32.1 Å². The smallest absolute Gasteiger partial charge is 0.194 e. The Morgan fingerprint density at radius 1 is 1.14 bits per heavy atom. The van der Waals surface area contributed by atoms with Crippen molar-refractivity contribution in [3.8, 4) is 0 Å². The van der Waals surface area contributed by atoms with Crippen molar-refractivity contribution in [2.75, 3.05) is 50.4 Å². The van der Waals surface area contributed by atoms with E-state index in [0.717, 1.165) is 50.7 Å². The summed E-state index contributed by atoms with van der Waals surface area (Å²) in [6, 6.07) is 11.4. The van der Waals surface area contributed by atoms with Crippen LogP contribution in [0.25, 0.3) is 0 Å². The van der Waals surface area contributed by atoms with Gasteiger partial charge in [0.15, 0.2) is 15.8 Å². The molecule has 6 nitrogen and oxygen atoms in total. The van der Waals surface area contributed by atoms with E-state index in [1.165, 1.54) is 11.3 Å². The van der Waals surface area contributed by atoms with E-state index in [2.05, 4.69) is 39.6 Å². The molecule has 1 aromatic carbocycles. The topological polar surface area (TPSA) is 65.0 Å². The highest BCUT2D eigenvalue weighted by Gasteiger charge is 2.20. The molecule has 0 bridgehead atoms. The number of thiophene rings is 1. The third-order valence-electron chi connectivity index (χ3n) is 4.75. The van der Waals surface area contributed by atoms with Gasteiger partial charge in [0.05, 0.1) is 9.90 Å². The van der Waals surface area contributed by atoms with E-state index in [1.54, 1.807) is 23.5 Å². The van der Waals surface area contributed by atoms with Crippen LogP contribution in [0.5, 0.6) is 0 Å². The average molecular weight is 421 g/mol. The lowest BCUT2D eigenvalue weighted by atomic mass is 10.1. The molecule has 2 heterocycles. The second-order valence-electron chi connectivity index (χ2n) is 6.83. The minimum Gasteiger partial charge on any atom is -0.360 e. The summed E-state index contributed by atoms with van der Waals surface area (Å²) in [7, 11) is -3.14. The van der Waals surface area contributed by atoms with Crippen LogP contribution in [0.2, 0.25) is 0 Å². The predicted octanol–water partition coefficient (Wildman–Crippen LogP) is 2.48. The van der Waals surface area contributed by atoms with Crippen LogP contribution in [0, 0.1) is 0 Å². The number of hydrogen-bond donors (Lipinski definition) is 1. The van der Waals surface area contributed by atoms with Crippen LogP contribution in [0.1, 0.15) is 12.5 Å². The van der Waals surface area contributed by atoms with Gasteiger partial charge in [-0.25, -0.2) is 8.42 Å². The monoisotopic (exact) mass is 420 g/mol. The van der Waals surface area contributed by atoms with Crippen molar-refractivity contribution in [2.45, 2.75) is 18.2 Å². The van der Waals surface area contributed by atoms with E-state index >= 15 is 0 Å². The predicted molar refractivity (Wildman–Crippen MR) is 117 cm³/mol. The van der Waals surface area contributed by atoms with Crippen LogP contribution < -0.4 is 10.2 Å². The van der Waals surface area contributed by atoms with Crippen molar-refractivity contribution in [3.63, 3.8) is 0 Å². The third kappa shape index (κ3) is 5.48. The van der Waals surface area contributed by atoms with Gasteiger partial charge in [0.25, 0.3) is 0 Å². The van der Waals surface area contributed by atoms with Crippen LogP contribution in [0.4, 0.5) is 5.00 Å². The van der Waals surface area contributed by atoms with Gasteiger partial charge in [-0.05, 0) is 48.6 Å². The van der Waals surface area contributed by atoms with Crippen LogP contribution in [-0.4, -0.2) is 64.8 Å². The van der Waals surface area contributed by atoms with Gasteiger partial charge in [-0.3, -0.25) is 4.99 Å². The maximum absolute atomic E-state index is 11.6. The summed E-state index contributed by atoms with van der Waals surface area (Å²) in [5, 5.41) is 6.85. The highest BCUT2D eigenvalue weighted by atomic mass is 32.2. The van der Waals surface area contributed by atoms with Crippen LogP contribution in [0.3, 0.4) is 0 Å². The third-order valence-corrected chi connectivity index (χ3v) is 6.80. The first-order valence-corrected chi connectivity index (χ1v) is 12.3. The lowest BCUT2D eigenvalue weighted by Gasteiger charge is -2.37. The lowest BCUT2D eigenvalue weighted by Crippen LogP contribution is -2.52. The number of hydrogen-bond acceptors (Lipinski definition) is 5. The number of guanidine groups is 1. The first-order valence-electron chi connectivity index (χ1n) is 9.58. The molecule has 0 saturated carbocycles. The first kappa shape index (κ1) is 20.7. The summed E-state index contributed by atoms with van der Waals surface area (Å²) >= 11 is 1.79. The van der Waals surface area contributed by atoms with E-state index in [-0.39, 0.29) is 0 Å². The van der Waals surface area contributed by atoms with Gasteiger partial charge in [-0.2, -0.15) is 0 Å². The standard InChI is InChI=1S/C20H28N4O2S2/c1-3-21-20(24-14-12-23(13-15-24)19-5-4-16-27-19)22-11-10-17-6-8-18(9-7-17)28(2,25)26/h4-9,16H,3,10-15H2,1-2H3,(H,21,22). The van der Waals surface area contributed by atoms with Crippen LogP contribution in [0.15, 0.2) is 51.7 Å². The van der Waals surface area contributed by atoms with Gasteiger partial charge in [-0.1, -0.05) is 12.1 Å². The Kier molecular flexibility index (Phi) is 6.96. The maximum Gasteiger partial charge on any atom is 0.194 e. The Labute approximate surface area is 171 Å². The number of nitrogens with one attached hydrogen (secondary N) is 1. The average Bonchev–Trinajstić information content (AvgIpc) is 3.22. The molecule has 1 aliphatic rings. The highest BCUT2D eigenvalue weighted by Crippen LogP contribution is 2.22. The molecule has 0 aliphatic carbocycles. The normalized spacial score (nSPS) is 15.7. The molecule has 3 rings (SSSR count). The van der Waals surface area contributed by atoms with Crippen molar-refractivity contribution in [2.24, 2.45) is 4.99 Å². The zero-order valence-electron chi connectivity index (χ0n) is 16.5. The van der Waals surface area contributed by atoms with E-state index in [0.29, 0.717) is 11.4 Å². The molecule has 0 amide bonds. The van der Waals surface area contributed by atoms with Crippen molar-refractivity contribution in [1.82, 2.24) is 10.2 Å². The number of nitrogens with zero attached hydrogens (tertiary/aromatic N) is 3. The minimum absolute atomic E-state index is 0.358. The molecule has 0 atom stereocenters. The fourth-order valence-corrected chi connectivity index (χ4v) is 4.62. The quantitative estimate of drug-likeness (QED) is 0.575. The van der Waals surface area contributed by atoms with Gasteiger partial charge in [-0.15, -0.1) is 11.3 Å². The summed E-state index contributed by atoms with van der Waals surface area (Å²) in [6.45, 7) is 7.50. The van der Waals surface area contributed by atoms with Crippen LogP contribution >= 0.6 is 11.3 Å². The molecule has 1 aliphatic heterocycles. The second-order valence-corrected chi connectivity index (χ2v) is 9.77. The number of benzene rings is 1. The first-order chi connectivity index (χ1) is 13.5. The number of sulfone groups is 1. The van der Waals surface area contributed by atoms with E-state index in [4.69, 9.17) is 4.99 Å². The summed E-state index contributed by atoms with van der Waals surface area (Å²) in [6.07, 6.45) is 2.02. The Hall–Kier alpha value is -2.06. The Morgan fingerprint density at radius 3 is 2.43 bits per heavy atom. The molecule has 8 heteroatoms. The molecule has 152 valence electrons. The molecular formula is C20H28N4O2S2. The zero-order chi connectivity index (χ0) is 20.0. The SMILES string of the molecule is CCNC(=NCCc1ccc(S(C)(=O)=O)cc1)N1CCN(c2cccs2)CC1. The van der Waals surface area contributed by atoms with Crippen molar-refractivity contribution in [3.05, 3.63) is 47.3 Å². The molecule has 1 aromatic heterocycles. The Morgan fingerprint density at radius 2 is 1.86 bits per heavy atom. The fraction of sp³-hybridized carbons (Fsp3) is 0.450. The van der Waals surface area contributed by atoms with Gasteiger partial charge in [0.1, 0.15) is 0 Å². The summed E-state index contributed by atoms with van der Waals surface area (Å²) in [5.41, 5.74) is 1.09. The second kappa shape index (κ2) is 9.43. The Balaban J connectivity index is 1.56. The zero-order valence-corrected chi connectivity index (χ0v) is 18.1. The molecule has 0 radical (unpaired) electrons. The van der Waals surface area contributed by atoms with Gasteiger partial charge < -0.3 is 15.1 Å². The van der Waals surface area contributed by atoms with Crippen molar-refractivity contribution in [1.29, 1.82) is 0 Å². The number of anilines is 1. The van der Waals surface area contributed by atoms with Gasteiger partial charge in [0, 0.05) is 45.5 Å². The molecule has 1 saturated heterocycles. The van der Waals surface area contributed by atoms with E-state index < -0.39 is 9.84 Å². The number of piperazine rings is 1. The van der Waals surface area contributed by atoms with Gasteiger partial charge >= 0.3 is 0 Å². The van der Waals surface area contributed by atoms with E-state index in [1.807, 2.05) is 12.1 Å².